The Kier molecular flexibility index (Phi) is 4.60. The molecule has 2 aromatic heterocycles. The SMILES string of the molecule is COC(=O)c1sccc1NC(=O)c1cn2c3c(ccc(Cl)c3c1=O)O[C@@H](C)C2. The van der Waals surface area contributed by atoms with Crippen molar-refractivity contribution in [3.05, 3.63) is 55.5 Å². The van der Waals surface area contributed by atoms with Crippen LogP contribution >= 0.6 is 22.9 Å². The van der Waals surface area contributed by atoms with Crippen LogP contribution < -0.4 is 15.5 Å². The Labute approximate surface area is 168 Å². The molecule has 1 aromatic carbocycles. The number of methoxy groups -OCH3 is 1. The van der Waals surface area contributed by atoms with Gasteiger partial charge in [-0.3, -0.25) is 9.59 Å². The summed E-state index contributed by atoms with van der Waals surface area (Å²) in [7, 11) is 1.26. The molecule has 0 unspecified atom stereocenters. The van der Waals surface area contributed by atoms with Crippen LogP contribution in [0.4, 0.5) is 5.69 Å². The summed E-state index contributed by atoms with van der Waals surface area (Å²) in [6.45, 7) is 2.37. The predicted octanol–water partition coefficient (Wildman–Crippen LogP) is 3.54. The summed E-state index contributed by atoms with van der Waals surface area (Å²) in [6.07, 6.45) is 1.38. The Morgan fingerprint density at radius 1 is 1.36 bits per heavy atom. The van der Waals surface area contributed by atoms with Crippen molar-refractivity contribution in [2.75, 3.05) is 12.4 Å². The normalized spacial score (nSPS) is 15.2. The van der Waals surface area contributed by atoms with Crippen LogP contribution in [0.1, 0.15) is 27.0 Å². The zero-order valence-corrected chi connectivity index (χ0v) is 16.5. The Bertz CT molecular complexity index is 1180. The molecule has 3 aromatic rings. The Morgan fingerprint density at radius 3 is 2.89 bits per heavy atom. The van der Waals surface area contributed by atoms with Gasteiger partial charge in [0.2, 0.25) is 5.43 Å². The minimum Gasteiger partial charge on any atom is -0.487 e. The lowest BCUT2D eigenvalue weighted by molar-refractivity contribution is 0.0607. The lowest BCUT2D eigenvalue weighted by atomic mass is 10.1. The van der Waals surface area contributed by atoms with E-state index in [1.165, 1.54) is 13.3 Å². The lowest BCUT2D eigenvalue weighted by Gasteiger charge is -2.26. The van der Waals surface area contributed by atoms with Gasteiger partial charge in [0.25, 0.3) is 5.91 Å². The van der Waals surface area contributed by atoms with Gasteiger partial charge < -0.3 is 19.4 Å². The molecule has 1 aliphatic heterocycles. The minimum absolute atomic E-state index is 0.0670. The number of anilines is 1. The van der Waals surface area contributed by atoms with Crippen LogP contribution in [0.3, 0.4) is 0 Å². The summed E-state index contributed by atoms with van der Waals surface area (Å²) in [5.74, 6) is -0.637. The summed E-state index contributed by atoms with van der Waals surface area (Å²) in [4.78, 5) is 37.9. The molecule has 0 bridgehead atoms. The number of esters is 1. The number of hydrogen-bond donors (Lipinski definition) is 1. The first kappa shape index (κ1) is 18.5. The highest BCUT2D eigenvalue weighted by atomic mass is 35.5. The van der Waals surface area contributed by atoms with Crippen molar-refractivity contribution in [1.82, 2.24) is 4.57 Å². The fourth-order valence-corrected chi connectivity index (χ4v) is 4.25. The molecule has 1 atom stereocenters. The molecule has 0 fully saturated rings. The van der Waals surface area contributed by atoms with E-state index in [0.29, 0.717) is 17.8 Å². The number of amides is 1. The highest BCUT2D eigenvalue weighted by Crippen LogP contribution is 2.33. The van der Waals surface area contributed by atoms with E-state index in [9.17, 15) is 14.4 Å². The second-order valence-corrected chi connectivity index (χ2v) is 7.65. The van der Waals surface area contributed by atoms with Crippen molar-refractivity contribution in [1.29, 1.82) is 0 Å². The topological polar surface area (TPSA) is 86.6 Å². The fraction of sp³-hybridized carbons (Fsp3) is 0.211. The lowest BCUT2D eigenvalue weighted by Crippen LogP contribution is -2.30. The van der Waals surface area contributed by atoms with Gasteiger partial charge in [-0.1, -0.05) is 11.6 Å². The molecular formula is C19H15ClN2O5S. The highest BCUT2D eigenvalue weighted by molar-refractivity contribution is 7.12. The molecule has 0 radical (unpaired) electrons. The summed E-state index contributed by atoms with van der Waals surface area (Å²) in [5.41, 5.74) is 0.292. The number of hydrogen-bond acceptors (Lipinski definition) is 6. The summed E-state index contributed by atoms with van der Waals surface area (Å²) >= 11 is 7.41. The van der Waals surface area contributed by atoms with E-state index in [0.717, 1.165) is 11.3 Å². The van der Waals surface area contributed by atoms with E-state index in [1.807, 2.05) is 6.92 Å². The van der Waals surface area contributed by atoms with Crippen molar-refractivity contribution in [3.63, 3.8) is 0 Å². The van der Waals surface area contributed by atoms with Crippen LogP contribution in [-0.4, -0.2) is 29.7 Å². The number of nitrogens with zero attached hydrogens (tertiary/aromatic N) is 1. The van der Waals surface area contributed by atoms with Crippen LogP contribution in [0, 0.1) is 0 Å². The highest BCUT2D eigenvalue weighted by Gasteiger charge is 2.25. The number of pyridine rings is 1. The number of benzene rings is 1. The number of ether oxygens (including phenoxy) is 2. The van der Waals surface area contributed by atoms with Gasteiger partial charge in [-0.25, -0.2) is 4.79 Å². The number of halogens is 1. The summed E-state index contributed by atoms with van der Waals surface area (Å²) in [5, 5.41) is 4.76. The van der Waals surface area contributed by atoms with Crippen LogP contribution in [0.2, 0.25) is 5.02 Å². The maximum absolute atomic E-state index is 13.0. The van der Waals surface area contributed by atoms with E-state index in [4.69, 9.17) is 21.1 Å². The molecule has 0 saturated carbocycles. The quantitative estimate of drug-likeness (QED) is 0.657. The molecule has 144 valence electrons. The molecule has 1 N–H and O–H groups in total. The maximum Gasteiger partial charge on any atom is 0.350 e. The Balaban J connectivity index is 1.82. The molecule has 1 aliphatic rings. The second kappa shape index (κ2) is 6.96. The first-order valence-electron chi connectivity index (χ1n) is 8.40. The summed E-state index contributed by atoms with van der Waals surface area (Å²) < 4.78 is 12.3. The number of nitrogens with one attached hydrogen (secondary N) is 1. The van der Waals surface area contributed by atoms with Crippen LogP contribution in [0.25, 0.3) is 10.9 Å². The third kappa shape index (κ3) is 2.94. The fourth-order valence-electron chi connectivity index (χ4n) is 3.24. The van der Waals surface area contributed by atoms with Gasteiger partial charge in [-0.05, 0) is 30.5 Å². The third-order valence-electron chi connectivity index (χ3n) is 4.44. The zero-order chi connectivity index (χ0) is 20.0. The van der Waals surface area contributed by atoms with Crippen molar-refractivity contribution in [2.24, 2.45) is 0 Å². The van der Waals surface area contributed by atoms with Crippen molar-refractivity contribution >= 4 is 51.4 Å². The van der Waals surface area contributed by atoms with Crippen molar-refractivity contribution in [3.8, 4) is 5.75 Å². The predicted molar refractivity (Wildman–Crippen MR) is 107 cm³/mol. The molecule has 1 amide bonds. The van der Waals surface area contributed by atoms with Gasteiger partial charge in [0.15, 0.2) is 0 Å². The second-order valence-electron chi connectivity index (χ2n) is 6.33. The van der Waals surface area contributed by atoms with E-state index in [1.54, 1.807) is 28.1 Å². The largest absolute Gasteiger partial charge is 0.487 e. The first-order chi connectivity index (χ1) is 13.4. The number of aromatic nitrogens is 1. The molecule has 0 aliphatic carbocycles. The summed E-state index contributed by atoms with van der Waals surface area (Å²) in [6, 6.07) is 4.88. The number of rotatable bonds is 3. The monoisotopic (exact) mass is 418 g/mol. The molecule has 4 rings (SSSR count). The van der Waals surface area contributed by atoms with Crippen LogP contribution in [-0.2, 0) is 11.3 Å². The minimum atomic E-state index is -0.625. The first-order valence-corrected chi connectivity index (χ1v) is 9.66. The van der Waals surface area contributed by atoms with Crippen molar-refractivity contribution < 1.29 is 19.1 Å². The molecule has 9 heteroatoms. The molecule has 28 heavy (non-hydrogen) atoms. The van der Waals surface area contributed by atoms with Gasteiger partial charge in [0.05, 0.1) is 35.3 Å². The third-order valence-corrected chi connectivity index (χ3v) is 5.65. The molecule has 3 heterocycles. The molecular weight excluding hydrogens is 404 g/mol. The number of carbonyl (C=O) groups excluding carboxylic acids is 2. The maximum atomic E-state index is 13.0. The average Bonchev–Trinajstić information content (AvgIpc) is 3.12. The van der Waals surface area contributed by atoms with Gasteiger partial charge >= 0.3 is 5.97 Å². The standard InChI is InChI=1S/C19H15ClN2O5S/c1-9-7-22-8-10(16(23)14-11(20)3-4-13(27-9)15(14)22)18(24)21-12-5-6-28-17(12)19(25)26-2/h3-6,8-9H,7H2,1-2H3,(H,21,24)/t9-/m0/s1. The smallest absolute Gasteiger partial charge is 0.350 e. The zero-order valence-electron chi connectivity index (χ0n) is 14.9. The van der Waals surface area contributed by atoms with Gasteiger partial charge in [0.1, 0.15) is 22.3 Å². The molecule has 7 nitrogen and oxygen atoms in total. The Hall–Kier alpha value is -2.84. The van der Waals surface area contributed by atoms with Crippen LogP contribution in [0.5, 0.6) is 5.75 Å². The number of carbonyl (C=O) groups is 2. The van der Waals surface area contributed by atoms with E-state index >= 15 is 0 Å². The van der Waals surface area contributed by atoms with E-state index in [-0.39, 0.29) is 32.6 Å². The number of thiophene rings is 1. The van der Waals surface area contributed by atoms with Gasteiger partial charge in [0, 0.05) is 6.20 Å². The Morgan fingerprint density at radius 2 is 2.14 bits per heavy atom. The molecule has 0 saturated heterocycles. The van der Waals surface area contributed by atoms with Crippen molar-refractivity contribution in [2.45, 2.75) is 19.6 Å². The molecule has 0 spiro atoms. The average molecular weight is 419 g/mol. The van der Waals surface area contributed by atoms with Crippen LogP contribution in [0.15, 0.2) is 34.6 Å². The van der Waals surface area contributed by atoms with E-state index < -0.39 is 17.3 Å². The van der Waals surface area contributed by atoms with E-state index in [2.05, 4.69) is 5.32 Å². The van der Waals surface area contributed by atoms with Gasteiger partial charge in [-0.2, -0.15) is 0 Å². The van der Waals surface area contributed by atoms with Gasteiger partial charge in [-0.15, -0.1) is 11.3 Å².